The molecule has 1 atom stereocenters. The number of hydrogen-bond donors (Lipinski definition) is 0. The Bertz CT molecular complexity index is 1020. The first-order valence-corrected chi connectivity index (χ1v) is 11.0. The molecule has 1 heterocycles. The number of fused-ring (bicyclic) bond motifs is 1. The first kappa shape index (κ1) is 22.2. The van der Waals surface area contributed by atoms with Gasteiger partial charge < -0.3 is 18.9 Å². The van der Waals surface area contributed by atoms with Crippen LogP contribution >= 0.6 is 0 Å². The van der Waals surface area contributed by atoms with Crippen molar-refractivity contribution in [1.29, 1.82) is 0 Å². The molecule has 0 radical (unpaired) electrons. The van der Waals surface area contributed by atoms with Gasteiger partial charge in [-0.15, -0.1) is 0 Å². The monoisotopic (exact) mass is 433 g/mol. The van der Waals surface area contributed by atoms with Crippen molar-refractivity contribution in [2.45, 2.75) is 32.7 Å². The van der Waals surface area contributed by atoms with Gasteiger partial charge in [0, 0.05) is 31.8 Å². The summed E-state index contributed by atoms with van der Waals surface area (Å²) in [5.74, 6) is 2.40. The minimum Gasteiger partial charge on any atom is -0.496 e. The van der Waals surface area contributed by atoms with E-state index in [0.29, 0.717) is 13.2 Å². The Kier molecular flexibility index (Phi) is 7.30. The molecule has 168 valence electrons. The smallest absolute Gasteiger partial charge is 0.162 e. The fourth-order valence-corrected chi connectivity index (χ4v) is 4.24. The normalized spacial score (nSPS) is 15.8. The Balaban J connectivity index is 1.58. The number of nitrogens with zero attached hydrogens (tertiary/aromatic N) is 1. The summed E-state index contributed by atoms with van der Waals surface area (Å²) in [7, 11) is 3.40. The molecule has 0 aromatic heterocycles. The van der Waals surface area contributed by atoms with Crippen LogP contribution in [0.1, 0.15) is 35.3 Å². The highest BCUT2D eigenvalue weighted by Gasteiger charge is 2.28. The Hall–Kier alpha value is -3.02. The van der Waals surface area contributed by atoms with E-state index in [9.17, 15) is 0 Å². The average Bonchev–Trinajstić information content (AvgIpc) is 2.83. The highest BCUT2D eigenvalue weighted by atomic mass is 16.5. The third-order valence-electron chi connectivity index (χ3n) is 5.78. The van der Waals surface area contributed by atoms with E-state index >= 15 is 0 Å². The first-order chi connectivity index (χ1) is 15.7. The van der Waals surface area contributed by atoms with Crippen LogP contribution in [0, 0.1) is 0 Å². The molecule has 0 spiro atoms. The van der Waals surface area contributed by atoms with Gasteiger partial charge >= 0.3 is 0 Å². The first-order valence-electron chi connectivity index (χ1n) is 11.0. The largest absolute Gasteiger partial charge is 0.496 e. The molecular formula is C27H31NO4. The van der Waals surface area contributed by atoms with Gasteiger partial charge in [0.05, 0.1) is 20.3 Å². The second-order valence-electron chi connectivity index (χ2n) is 7.90. The Morgan fingerprint density at radius 1 is 0.875 bits per heavy atom. The molecule has 1 unspecified atom stereocenters. The number of rotatable bonds is 9. The summed E-state index contributed by atoms with van der Waals surface area (Å²) in [5, 5.41) is 0. The van der Waals surface area contributed by atoms with E-state index in [2.05, 4.69) is 41.3 Å². The fourth-order valence-electron chi connectivity index (χ4n) is 4.24. The van der Waals surface area contributed by atoms with Crippen LogP contribution in [0.3, 0.4) is 0 Å². The highest BCUT2D eigenvalue weighted by molar-refractivity contribution is 5.49. The van der Waals surface area contributed by atoms with Crippen LogP contribution in [-0.2, 0) is 24.4 Å². The third-order valence-corrected chi connectivity index (χ3v) is 5.78. The molecule has 3 aromatic carbocycles. The van der Waals surface area contributed by atoms with Gasteiger partial charge in [-0.1, -0.05) is 48.5 Å². The van der Waals surface area contributed by atoms with Crippen molar-refractivity contribution >= 4 is 0 Å². The van der Waals surface area contributed by atoms with E-state index in [4.69, 9.17) is 18.9 Å². The van der Waals surface area contributed by atoms with Crippen LogP contribution in [0.15, 0.2) is 66.7 Å². The van der Waals surface area contributed by atoms with E-state index < -0.39 is 0 Å². The zero-order valence-corrected chi connectivity index (χ0v) is 19.0. The van der Waals surface area contributed by atoms with Crippen LogP contribution in [0.2, 0.25) is 0 Å². The number of hydrogen-bond acceptors (Lipinski definition) is 5. The van der Waals surface area contributed by atoms with Crippen LogP contribution in [0.4, 0.5) is 0 Å². The van der Waals surface area contributed by atoms with Crippen molar-refractivity contribution in [3.05, 3.63) is 89.0 Å². The minimum absolute atomic E-state index is 0.0246. The SMILES string of the molecule is CCOC1CN(Cc2ccccc2OC)Cc2cc(OC)c(OCc3ccccc3)cc21. The zero-order chi connectivity index (χ0) is 22.3. The van der Waals surface area contributed by atoms with Crippen molar-refractivity contribution in [3.8, 4) is 17.2 Å². The van der Waals surface area contributed by atoms with E-state index in [1.54, 1.807) is 14.2 Å². The van der Waals surface area contributed by atoms with Gasteiger partial charge in [0.25, 0.3) is 0 Å². The molecule has 5 heteroatoms. The summed E-state index contributed by atoms with van der Waals surface area (Å²) in [4.78, 5) is 2.39. The predicted molar refractivity (Wildman–Crippen MR) is 125 cm³/mol. The molecule has 0 aliphatic carbocycles. The maximum atomic E-state index is 6.16. The van der Waals surface area contributed by atoms with Crippen molar-refractivity contribution in [1.82, 2.24) is 4.90 Å². The van der Waals surface area contributed by atoms with E-state index in [1.807, 2.05) is 37.3 Å². The number of ether oxygens (including phenoxy) is 4. The topological polar surface area (TPSA) is 40.2 Å². The van der Waals surface area contributed by atoms with E-state index in [0.717, 1.165) is 42.4 Å². The van der Waals surface area contributed by atoms with Crippen LogP contribution in [0.5, 0.6) is 17.2 Å². The molecule has 5 nitrogen and oxygen atoms in total. The molecule has 1 aliphatic heterocycles. The van der Waals surface area contributed by atoms with E-state index in [1.165, 1.54) is 16.7 Å². The molecule has 4 rings (SSSR count). The second-order valence-corrected chi connectivity index (χ2v) is 7.90. The summed E-state index contributed by atoms with van der Waals surface area (Å²) in [6.07, 6.45) is -0.0246. The van der Waals surface area contributed by atoms with Gasteiger partial charge in [0.15, 0.2) is 11.5 Å². The summed E-state index contributed by atoms with van der Waals surface area (Å²) in [6.45, 7) is 5.60. The molecule has 0 amide bonds. The Labute approximate surface area is 190 Å². The molecule has 0 saturated heterocycles. The van der Waals surface area contributed by atoms with E-state index in [-0.39, 0.29) is 6.10 Å². The van der Waals surface area contributed by atoms with Crippen LogP contribution in [0.25, 0.3) is 0 Å². The number of benzene rings is 3. The minimum atomic E-state index is -0.0246. The lowest BCUT2D eigenvalue weighted by Crippen LogP contribution is -2.34. The van der Waals surface area contributed by atoms with Gasteiger partial charge in [-0.05, 0) is 41.8 Å². The van der Waals surface area contributed by atoms with Gasteiger partial charge in [-0.2, -0.15) is 0 Å². The molecule has 0 fully saturated rings. The molecule has 0 saturated carbocycles. The molecule has 32 heavy (non-hydrogen) atoms. The summed E-state index contributed by atoms with van der Waals surface area (Å²) in [5.41, 5.74) is 4.67. The maximum Gasteiger partial charge on any atom is 0.162 e. The lowest BCUT2D eigenvalue weighted by molar-refractivity contribution is 0.0169. The van der Waals surface area contributed by atoms with Crippen molar-refractivity contribution in [3.63, 3.8) is 0 Å². The molecular weight excluding hydrogens is 402 g/mol. The lowest BCUT2D eigenvalue weighted by Gasteiger charge is -2.35. The van der Waals surface area contributed by atoms with Gasteiger partial charge in [-0.25, -0.2) is 0 Å². The molecule has 0 N–H and O–H groups in total. The standard InChI is InChI=1S/C27H31NO4/c1-4-31-27-18-28(16-21-12-8-9-13-24(21)29-2)17-22-14-25(30-3)26(15-23(22)27)32-19-20-10-6-5-7-11-20/h5-15,27H,4,16-19H2,1-3H3. The maximum absolute atomic E-state index is 6.16. The Morgan fingerprint density at radius 3 is 2.38 bits per heavy atom. The summed E-state index contributed by atoms with van der Waals surface area (Å²) >= 11 is 0. The summed E-state index contributed by atoms with van der Waals surface area (Å²) < 4.78 is 23.5. The quantitative estimate of drug-likeness (QED) is 0.453. The average molecular weight is 434 g/mol. The Morgan fingerprint density at radius 2 is 1.62 bits per heavy atom. The molecule has 0 bridgehead atoms. The molecule has 3 aromatic rings. The number of para-hydroxylation sites is 1. The second kappa shape index (κ2) is 10.5. The van der Waals surface area contributed by atoms with Crippen molar-refractivity contribution in [2.75, 3.05) is 27.4 Å². The lowest BCUT2D eigenvalue weighted by atomic mass is 9.95. The fraction of sp³-hybridized carbons (Fsp3) is 0.333. The number of methoxy groups -OCH3 is 2. The molecule has 1 aliphatic rings. The van der Waals surface area contributed by atoms with Gasteiger partial charge in [0.1, 0.15) is 12.4 Å². The third kappa shape index (κ3) is 5.06. The van der Waals surface area contributed by atoms with Crippen molar-refractivity contribution < 1.29 is 18.9 Å². The predicted octanol–water partition coefficient (Wildman–Crippen LogP) is 5.38. The highest BCUT2D eigenvalue weighted by Crippen LogP contribution is 2.39. The van der Waals surface area contributed by atoms with Crippen molar-refractivity contribution in [2.24, 2.45) is 0 Å². The van der Waals surface area contributed by atoms with Gasteiger partial charge in [-0.3, -0.25) is 4.90 Å². The van der Waals surface area contributed by atoms with Gasteiger partial charge in [0.2, 0.25) is 0 Å². The zero-order valence-electron chi connectivity index (χ0n) is 19.0. The van der Waals surface area contributed by atoms with Crippen LogP contribution in [-0.4, -0.2) is 32.3 Å². The summed E-state index contributed by atoms with van der Waals surface area (Å²) in [6, 6.07) is 22.5. The van der Waals surface area contributed by atoms with Crippen LogP contribution < -0.4 is 14.2 Å².